The van der Waals surface area contributed by atoms with E-state index in [1.165, 1.54) is 13.2 Å². The molecule has 0 aliphatic heterocycles. The number of nitro groups is 1. The lowest BCUT2D eigenvalue weighted by Gasteiger charge is -2.10. The van der Waals surface area contributed by atoms with E-state index in [1.54, 1.807) is 6.92 Å². The largest absolute Gasteiger partial charge is 0.494 e. The molecule has 0 spiro atoms. The molecule has 0 saturated carbocycles. The van der Waals surface area contributed by atoms with Gasteiger partial charge in [-0.15, -0.1) is 0 Å². The van der Waals surface area contributed by atoms with E-state index < -0.39 is 16.8 Å². The number of hydrogen-bond acceptors (Lipinski definition) is 4. The van der Waals surface area contributed by atoms with Crippen LogP contribution < -0.4 is 4.74 Å². The first-order chi connectivity index (χ1) is 7.99. The molecule has 0 aromatic heterocycles. The van der Waals surface area contributed by atoms with E-state index in [0.717, 1.165) is 6.07 Å². The zero-order chi connectivity index (χ0) is 13.0. The van der Waals surface area contributed by atoms with E-state index in [0.29, 0.717) is 6.42 Å². The Kier molecular flexibility index (Phi) is 4.39. The van der Waals surface area contributed by atoms with Crippen LogP contribution in [0.2, 0.25) is 0 Å². The summed E-state index contributed by atoms with van der Waals surface area (Å²) in [5.74, 6) is -0.845. The van der Waals surface area contributed by atoms with Crippen molar-refractivity contribution in [2.45, 2.75) is 25.9 Å². The molecule has 94 valence electrons. The van der Waals surface area contributed by atoms with Gasteiger partial charge in [0, 0.05) is 12.0 Å². The Bertz CT molecular complexity index is 422. The van der Waals surface area contributed by atoms with Gasteiger partial charge < -0.3 is 9.84 Å². The van der Waals surface area contributed by atoms with Crippen molar-refractivity contribution in [3.05, 3.63) is 33.6 Å². The van der Waals surface area contributed by atoms with Crippen molar-refractivity contribution in [3.63, 3.8) is 0 Å². The molecule has 17 heavy (non-hydrogen) atoms. The maximum atomic E-state index is 13.3. The molecular formula is C11H14FNO4. The average Bonchev–Trinajstić information content (AvgIpc) is 2.30. The van der Waals surface area contributed by atoms with Crippen LogP contribution in [0.5, 0.6) is 5.75 Å². The van der Waals surface area contributed by atoms with Crippen LogP contribution in [0.3, 0.4) is 0 Å². The fourth-order valence-corrected chi connectivity index (χ4v) is 1.47. The summed E-state index contributed by atoms with van der Waals surface area (Å²) in [5, 5.41) is 20.3. The van der Waals surface area contributed by atoms with Gasteiger partial charge in [-0.05, 0) is 12.5 Å². The zero-order valence-electron chi connectivity index (χ0n) is 9.64. The number of nitrogens with zero attached hydrogens (tertiary/aromatic N) is 1. The molecule has 1 aromatic carbocycles. The first-order valence-electron chi connectivity index (χ1n) is 5.18. The van der Waals surface area contributed by atoms with E-state index in [9.17, 15) is 19.6 Å². The monoisotopic (exact) mass is 243 g/mol. The zero-order valence-corrected chi connectivity index (χ0v) is 9.64. The predicted octanol–water partition coefficient (Wildman–Crippen LogP) is 2.06. The minimum absolute atomic E-state index is 0.0612. The van der Waals surface area contributed by atoms with Crippen molar-refractivity contribution in [3.8, 4) is 5.75 Å². The molecule has 1 N–H and O–H groups in total. The number of ether oxygens (including phenoxy) is 1. The molecule has 1 aromatic rings. The normalized spacial score (nSPS) is 12.2. The second-order valence-corrected chi connectivity index (χ2v) is 3.64. The number of methoxy groups -OCH3 is 1. The van der Waals surface area contributed by atoms with E-state index in [2.05, 4.69) is 0 Å². The first kappa shape index (κ1) is 13.4. The van der Waals surface area contributed by atoms with Crippen molar-refractivity contribution in [2.24, 2.45) is 0 Å². The second kappa shape index (κ2) is 5.58. The standard InChI is InChI=1S/C11H14FNO4/c1-3-8(14)4-7-5-11(17-2)9(12)6-10(7)13(15)16/h5-6,8,14H,3-4H2,1-2H3. The summed E-state index contributed by atoms with van der Waals surface area (Å²) in [6.07, 6.45) is -0.121. The lowest BCUT2D eigenvalue weighted by atomic mass is 10.0. The fourth-order valence-electron chi connectivity index (χ4n) is 1.47. The number of aliphatic hydroxyl groups excluding tert-OH is 1. The Hall–Kier alpha value is -1.69. The van der Waals surface area contributed by atoms with Gasteiger partial charge in [0.15, 0.2) is 11.6 Å². The summed E-state index contributed by atoms with van der Waals surface area (Å²) in [6.45, 7) is 1.76. The summed E-state index contributed by atoms with van der Waals surface area (Å²) >= 11 is 0. The van der Waals surface area contributed by atoms with Crippen molar-refractivity contribution < 1.29 is 19.2 Å². The molecule has 0 amide bonds. The Morgan fingerprint density at radius 2 is 2.24 bits per heavy atom. The highest BCUT2D eigenvalue weighted by Crippen LogP contribution is 2.28. The van der Waals surface area contributed by atoms with Gasteiger partial charge in [-0.3, -0.25) is 10.1 Å². The lowest BCUT2D eigenvalue weighted by Crippen LogP contribution is -2.10. The molecule has 5 nitrogen and oxygen atoms in total. The minimum Gasteiger partial charge on any atom is -0.494 e. The summed E-state index contributed by atoms with van der Waals surface area (Å²) in [4.78, 5) is 10.1. The van der Waals surface area contributed by atoms with E-state index >= 15 is 0 Å². The SMILES string of the molecule is CCC(O)Cc1cc(OC)c(F)cc1[N+](=O)[O-]. The lowest BCUT2D eigenvalue weighted by molar-refractivity contribution is -0.385. The molecule has 0 aliphatic carbocycles. The third-order valence-electron chi connectivity index (χ3n) is 2.48. The van der Waals surface area contributed by atoms with Gasteiger partial charge >= 0.3 is 0 Å². The molecule has 1 atom stereocenters. The molecule has 0 heterocycles. The number of benzene rings is 1. The van der Waals surface area contributed by atoms with Crippen molar-refractivity contribution in [1.82, 2.24) is 0 Å². The van der Waals surface area contributed by atoms with Crippen LogP contribution in [0, 0.1) is 15.9 Å². The van der Waals surface area contributed by atoms with Gasteiger partial charge in [0.1, 0.15) is 0 Å². The Balaban J connectivity index is 3.19. The van der Waals surface area contributed by atoms with Crippen LogP contribution in [0.15, 0.2) is 12.1 Å². The van der Waals surface area contributed by atoms with Gasteiger partial charge in [-0.25, -0.2) is 4.39 Å². The maximum absolute atomic E-state index is 13.3. The smallest absolute Gasteiger partial charge is 0.275 e. The molecule has 0 aliphatic rings. The van der Waals surface area contributed by atoms with Gasteiger partial charge in [0.2, 0.25) is 0 Å². The highest BCUT2D eigenvalue weighted by atomic mass is 19.1. The topological polar surface area (TPSA) is 72.6 Å². The number of aliphatic hydroxyl groups is 1. The van der Waals surface area contributed by atoms with Gasteiger partial charge in [0.05, 0.1) is 24.2 Å². The summed E-state index contributed by atoms with van der Waals surface area (Å²) in [6, 6.07) is 2.07. The fraction of sp³-hybridized carbons (Fsp3) is 0.455. The number of nitro benzene ring substituents is 1. The Morgan fingerprint density at radius 3 is 2.71 bits per heavy atom. The van der Waals surface area contributed by atoms with Crippen LogP contribution in [-0.2, 0) is 6.42 Å². The third-order valence-corrected chi connectivity index (χ3v) is 2.48. The maximum Gasteiger partial charge on any atom is 0.275 e. The van der Waals surface area contributed by atoms with Crippen LogP contribution in [0.25, 0.3) is 0 Å². The van der Waals surface area contributed by atoms with Crippen LogP contribution in [-0.4, -0.2) is 23.2 Å². The van der Waals surface area contributed by atoms with Crippen LogP contribution >= 0.6 is 0 Å². The molecule has 6 heteroatoms. The number of hydrogen-bond donors (Lipinski definition) is 1. The molecule has 0 fully saturated rings. The van der Waals surface area contributed by atoms with Crippen molar-refractivity contribution in [2.75, 3.05) is 7.11 Å². The van der Waals surface area contributed by atoms with Gasteiger partial charge in [-0.2, -0.15) is 0 Å². The first-order valence-corrected chi connectivity index (χ1v) is 5.18. The van der Waals surface area contributed by atoms with Crippen molar-refractivity contribution >= 4 is 5.69 Å². The second-order valence-electron chi connectivity index (χ2n) is 3.64. The molecule has 0 bridgehead atoms. The van der Waals surface area contributed by atoms with E-state index in [1.807, 2.05) is 0 Å². The summed E-state index contributed by atoms with van der Waals surface area (Å²) < 4.78 is 18.1. The van der Waals surface area contributed by atoms with Crippen LogP contribution in [0.4, 0.5) is 10.1 Å². The summed E-state index contributed by atoms with van der Waals surface area (Å²) in [7, 11) is 1.28. The van der Waals surface area contributed by atoms with Crippen LogP contribution in [0.1, 0.15) is 18.9 Å². The predicted molar refractivity (Wildman–Crippen MR) is 59.6 cm³/mol. The molecule has 0 saturated heterocycles. The van der Waals surface area contributed by atoms with E-state index in [-0.39, 0.29) is 23.4 Å². The van der Waals surface area contributed by atoms with E-state index in [4.69, 9.17) is 4.74 Å². The molecule has 0 radical (unpaired) electrons. The molecular weight excluding hydrogens is 229 g/mol. The summed E-state index contributed by atoms with van der Waals surface area (Å²) in [5.41, 5.74) is -0.0709. The average molecular weight is 243 g/mol. The molecule has 1 unspecified atom stereocenters. The quantitative estimate of drug-likeness (QED) is 0.634. The van der Waals surface area contributed by atoms with Crippen molar-refractivity contribution in [1.29, 1.82) is 0 Å². The number of rotatable bonds is 5. The van der Waals surface area contributed by atoms with Gasteiger partial charge in [0.25, 0.3) is 5.69 Å². The molecule has 1 rings (SSSR count). The minimum atomic E-state index is -0.783. The Morgan fingerprint density at radius 1 is 1.59 bits per heavy atom. The van der Waals surface area contributed by atoms with Gasteiger partial charge in [-0.1, -0.05) is 6.92 Å². The Labute approximate surface area is 98.0 Å². The highest BCUT2D eigenvalue weighted by molar-refractivity contribution is 5.46. The number of halogens is 1. The highest BCUT2D eigenvalue weighted by Gasteiger charge is 2.20. The third kappa shape index (κ3) is 3.13.